The van der Waals surface area contributed by atoms with Gasteiger partial charge in [0.2, 0.25) is 0 Å². The lowest BCUT2D eigenvalue weighted by Gasteiger charge is -2.26. The first-order valence-electron chi connectivity index (χ1n) is 8.93. The fraction of sp³-hybridized carbons (Fsp3) is 0.333. The molecule has 0 aliphatic rings. The van der Waals surface area contributed by atoms with Crippen molar-refractivity contribution in [3.63, 3.8) is 0 Å². The maximum absolute atomic E-state index is 5.65. The van der Waals surface area contributed by atoms with E-state index >= 15 is 0 Å². The summed E-state index contributed by atoms with van der Waals surface area (Å²) in [4.78, 5) is 0. The molecule has 2 aromatic carbocycles. The number of aromatic nitrogens is 1. The van der Waals surface area contributed by atoms with Crippen molar-refractivity contribution in [1.82, 2.24) is 4.57 Å². The summed E-state index contributed by atoms with van der Waals surface area (Å²) in [5.74, 6) is 0.959. The fourth-order valence-electron chi connectivity index (χ4n) is 3.50. The van der Waals surface area contributed by atoms with Crippen LogP contribution in [-0.2, 0) is 0 Å². The highest BCUT2D eigenvalue weighted by molar-refractivity contribution is 6.90. The van der Waals surface area contributed by atoms with Crippen molar-refractivity contribution in [1.29, 1.82) is 0 Å². The van der Waals surface area contributed by atoms with E-state index in [-0.39, 0.29) is 0 Å². The van der Waals surface area contributed by atoms with Gasteiger partial charge in [0.05, 0.1) is 28.8 Å². The number of hydrogen-bond donors (Lipinski definition) is 0. The molecule has 132 valence electrons. The second kappa shape index (κ2) is 6.18. The lowest BCUT2D eigenvalue weighted by Crippen LogP contribution is -2.46. The van der Waals surface area contributed by atoms with Gasteiger partial charge in [-0.05, 0) is 29.5 Å². The topological polar surface area (TPSA) is 14.2 Å². The van der Waals surface area contributed by atoms with Crippen molar-refractivity contribution in [2.75, 3.05) is 7.11 Å². The molecular formula is C21H29NOSi2. The second-order valence-corrected chi connectivity index (χ2v) is 18.8. The Hall–Kier alpha value is -1.79. The van der Waals surface area contributed by atoms with Gasteiger partial charge in [-0.2, -0.15) is 0 Å². The lowest BCUT2D eigenvalue weighted by molar-refractivity contribution is 0.420. The molecule has 0 N–H and O–H groups in total. The van der Waals surface area contributed by atoms with Gasteiger partial charge in [0.1, 0.15) is 5.75 Å². The van der Waals surface area contributed by atoms with Crippen LogP contribution in [0.4, 0.5) is 0 Å². The molecular weight excluding hydrogens is 338 g/mol. The molecule has 0 unspecified atom stereocenters. The third-order valence-corrected chi connectivity index (χ3v) is 8.69. The van der Waals surface area contributed by atoms with E-state index in [1.165, 1.54) is 27.1 Å². The summed E-state index contributed by atoms with van der Waals surface area (Å²) >= 11 is 0. The van der Waals surface area contributed by atoms with Crippen LogP contribution < -0.4 is 15.2 Å². The highest BCUT2D eigenvalue weighted by Gasteiger charge is 2.28. The maximum atomic E-state index is 5.65. The van der Waals surface area contributed by atoms with Gasteiger partial charge in [-0.15, -0.1) is 0 Å². The van der Waals surface area contributed by atoms with Crippen molar-refractivity contribution >= 4 is 37.6 Å². The lowest BCUT2D eigenvalue weighted by atomic mass is 10.2. The maximum Gasteiger partial charge on any atom is 0.128 e. The smallest absolute Gasteiger partial charge is 0.128 e. The molecule has 25 heavy (non-hydrogen) atoms. The first-order chi connectivity index (χ1) is 11.6. The molecule has 0 saturated heterocycles. The zero-order valence-electron chi connectivity index (χ0n) is 16.5. The minimum absolute atomic E-state index is 0.959. The molecule has 1 heterocycles. The molecule has 3 aromatic rings. The van der Waals surface area contributed by atoms with E-state index in [0.717, 1.165) is 5.75 Å². The van der Waals surface area contributed by atoms with Crippen molar-refractivity contribution in [3.8, 4) is 11.4 Å². The van der Waals surface area contributed by atoms with Crippen LogP contribution in [0.15, 0.2) is 48.5 Å². The summed E-state index contributed by atoms with van der Waals surface area (Å²) in [6, 6.07) is 17.7. The van der Waals surface area contributed by atoms with Crippen molar-refractivity contribution in [2.45, 2.75) is 39.3 Å². The highest BCUT2D eigenvalue weighted by atomic mass is 28.3. The average molecular weight is 368 g/mol. The summed E-state index contributed by atoms with van der Waals surface area (Å²) < 4.78 is 8.16. The number of nitrogens with zero attached hydrogens (tertiary/aromatic N) is 1. The average Bonchev–Trinajstić information content (AvgIpc) is 2.93. The summed E-state index contributed by atoms with van der Waals surface area (Å²) in [6.45, 7) is 14.5. The minimum atomic E-state index is -1.54. The summed E-state index contributed by atoms with van der Waals surface area (Å²) in [5.41, 5.74) is 2.60. The molecule has 0 amide bonds. The third-order valence-electron chi connectivity index (χ3n) is 4.75. The van der Waals surface area contributed by atoms with Gasteiger partial charge in [-0.25, -0.2) is 0 Å². The molecule has 4 heteroatoms. The fourth-order valence-corrected chi connectivity index (χ4v) is 6.54. The van der Waals surface area contributed by atoms with Gasteiger partial charge in [0.25, 0.3) is 0 Å². The molecule has 0 spiro atoms. The Morgan fingerprint density at radius 1 is 0.800 bits per heavy atom. The molecule has 0 fully saturated rings. The third kappa shape index (κ3) is 3.21. The number of rotatable bonds is 4. The molecule has 0 atom stereocenters. The summed E-state index contributed by atoms with van der Waals surface area (Å²) in [7, 11) is -1.24. The summed E-state index contributed by atoms with van der Waals surface area (Å²) in [5, 5.41) is 4.18. The van der Waals surface area contributed by atoms with Gasteiger partial charge in [0, 0.05) is 16.4 Å². The monoisotopic (exact) mass is 367 g/mol. The van der Waals surface area contributed by atoms with Crippen LogP contribution >= 0.6 is 0 Å². The van der Waals surface area contributed by atoms with Crippen LogP contribution in [0, 0.1) is 0 Å². The normalized spacial score (nSPS) is 12.6. The van der Waals surface area contributed by atoms with Gasteiger partial charge >= 0.3 is 0 Å². The Kier molecular flexibility index (Phi) is 4.46. The van der Waals surface area contributed by atoms with E-state index in [2.05, 4.69) is 92.4 Å². The number of hydrogen-bond acceptors (Lipinski definition) is 1. The minimum Gasteiger partial charge on any atom is -0.496 e. The number of methoxy groups -OCH3 is 1. The SMILES string of the molecule is COc1cccc2c1cc([Si](C)(C)C)n2-c1ccccc1[Si](C)(C)C. The molecule has 0 aliphatic carbocycles. The molecule has 0 saturated carbocycles. The highest BCUT2D eigenvalue weighted by Crippen LogP contribution is 2.29. The summed E-state index contributed by atoms with van der Waals surface area (Å²) in [6.07, 6.45) is 0. The van der Waals surface area contributed by atoms with Gasteiger partial charge in [-0.1, -0.05) is 63.5 Å². The Labute approximate surface area is 153 Å². The van der Waals surface area contributed by atoms with Gasteiger partial charge in [0.15, 0.2) is 0 Å². The molecule has 1 aromatic heterocycles. The zero-order chi connectivity index (χ0) is 18.4. The van der Waals surface area contributed by atoms with Gasteiger partial charge < -0.3 is 9.30 Å². The molecule has 2 nitrogen and oxygen atoms in total. The van der Waals surface area contributed by atoms with Crippen molar-refractivity contribution in [3.05, 3.63) is 48.5 Å². The quantitative estimate of drug-likeness (QED) is 0.608. The van der Waals surface area contributed by atoms with Crippen LogP contribution in [0.25, 0.3) is 16.6 Å². The van der Waals surface area contributed by atoms with Gasteiger partial charge in [-0.3, -0.25) is 0 Å². The standard InChI is InChI=1S/C21H29NOSi2/c1-23-19-13-10-12-17-16(19)15-21(25(5,6)7)22(17)18-11-8-9-14-20(18)24(2,3)4/h8-15H,1-7H3. The number of ether oxygens (including phenoxy) is 1. The van der Waals surface area contributed by atoms with E-state index < -0.39 is 16.1 Å². The Balaban J connectivity index is 2.45. The molecule has 0 bridgehead atoms. The molecule has 3 rings (SSSR count). The van der Waals surface area contributed by atoms with Crippen LogP contribution in [0.2, 0.25) is 39.3 Å². The predicted octanol–water partition coefficient (Wildman–Crippen LogP) is 4.73. The first kappa shape index (κ1) is 18.0. The Morgan fingerprint density at radius 2 is 1.48 bits per heavy atom. The van der Waals surface area contributed by atoms with E-state index in [1.807, 2.05) is 0 Å². The second-order valence-electron chi connectivity index (χ2n) is 8.78. The Morgan fingerprint density at radius 3 is 2.08 bits per heavy atom. The van der Waals surface area contributed by atoms with E-state index in [4.69, 9.17) is 4.74 Å². The number of para-hydroxylation sites is 1. The number of benzene rings is 2. The van der Waals surface area contributed by atoms with E-state index in [1.54, 1.807) is 7.11 Å². The largest absolute Gasteiger partial charge is 0.496 e. The first-order valence-corrected chi connectivity index (χ1v) is 15.9. The predicted molar refractivity (Wildman–Crippen MR) is 116 cm³/mol. The van der Waals surface area contributed by atoms with Crippen molar-refractivity contribution in [2.24, 2.45) is 0 Å². The molecule has 0 radical (unpaired) electrons. The van der Waals surface area contributed by atoms with Crippen LogP contribution in [0.5, 0.6) is 5.75 Å². The van der Waals surface area contributed by atoms with E-state index in [0.29, 0.717) is 0 Å². The van der Waals surface area contributed by atoms with Crippen LogP contribution in [0.1, 0.15) is 0 Å². The van der Waals surface area contributed by atoms with Crippen LogP contribution in [0.3, 0.4) is 0 Å². The number of fused-ring (bicyclic) bond motifs is 1. The Bertz CT molecular complexity index is 914. The van der Waals surface area contributed by atoms with Crippen LogP contribution in [-0.4, -0.2) is 27.8 Å². The zero-order valence-corrected chi connectivity index (χ0v) is 18.5. The van der Waals surface area contributed by atoms with E-state index in [9.17, 15) is 0 Å². The van der Waals surface area contributed by atoms with Crippen molar-refractivity contribution < 1.29 is 4.74 Å². The molecule has 0 aliphatic heterocycles.